The molecule has 0 saturated heterocycles. The first-order valence-electron chi connectivity index (χ1n) is 7.14. The first-order chi connectivity index (χ1) is 10.6. The molecule has 0 amide bonds. The summed E-state index contributed by atoms with van der Waals surface area (Å²) in [4.78, 5) is 24.1. The number of rotatable bonds is 3. The van der Waals surface area contributed by atoms with Crippen molar-refractivity contribution in [1.82, 2.24) is 9.78 Å². The number of hydrogen-bond donors (Lipinski definition) is 1. The zero-order valence-corrected chi connectivity index (χ0v) is 12.2. The topological polar surface area (TPSA) is 81.4 Å². The van der Waals surface area contributed by atoms with Crippen LogP contribution in [0.1, 0.15) is 34.5 Å². The molecule has 1 aromatic carbocycles. The highest BCUT2D eigenvalue weighted by Crippen LogP contribution is 2.22. The first-order valence-corrected chi connectivity index (χ1v) is 7.14. The fourth-order valence-electron chi connectivity index (χ4n) is 2.81. The largest absolute Gasteiger partial charge is 0.497 e. The van der Waals surface area contributed by atoms with Gasteiger partial charge >= 0.3 is 5.97 Å². The van der Waals surface area contributed by atoms with Crippen molar-refractivity contribution in [2.45, 2.75) is 25.7 Å². The van der Waals surface area contributed by atoms with E-state index in [1.165, 1.54) is 7.11 Å². The number of carboxylic acid groups (broad SMARTS) is 1. The maximum Gasteiger partial charge on any atom is 0.341 e. The SMILES string of the molecule is COc1cccc(-n2nc3c(c(C(=O)O)c2=O)CCCC3)c1. The molecule has 0 unspecified atom stereocenters. The second-order valence-corrected chi connectivity index (χ2v) is 5.23. The van der Waals surface area contributed by atoms with E-state index < -0.39 is 11.5 Å². The number of aromatic nitrogens is 2. The highest BCUT2D eigenvalue weighted by molar-refractivity contribution is 5.89. The van der Waals surface area contributed by atoms with Crippen molar-refractivity contribution < 1.29 is 14.6 Å². The molecule has 0 aliphatic heterocycles. The van der Waals surface area contributed by atoms with Crippen molar-refractivity contribution in [2.75, 3.05) is 7.11 Å². The number of benzene rings is 1. The van der Waals surface area contributed by atoms with Crippen LogP contribution in [0.3, 0.4) is 0 Å². The minimum atomic E-state index is -1.19. The van der Waals surface area contributed by atoms with E-state index in [9.17, 15) is 14.7 Å². The predicted octanol–water partition coefficient (Wildman–Crippen LogP) is 1.82. The van der Waals surface area contributed by atoms with Crippen LogP contribution in [-0.4, -0.2) is 28.0 Å². The molecule has 0 bridgehead atoms. The van der Waals surface area contributed by atoms with Crippen LogP contribution < -0.4 is 10.3 Å². The molecule has 6 heteroatoms. The average molecular weight is 300 g/mol. The monoisotopic (exact) mass is 300 g/mol. The summed E-state index contributed by atoms with van der Waals surface area (Å²) < 4.78 is 6.31. The van der Waals surface area contributed by atoms with Crippen molar-refractivity contribution in [3.05, 3.63) is 51.4 Å². The Morgan fingerprint density at radius 2 is 2.09 bits per heavy atom. The predicted molar refractivity (Wildman–Crippen MR) is 80.0 cm³/mol. The van der Waals surface area contributed by atoms with E-state index in [-0.39, 0.29) is 5.56 Å². The van der Waals surface area contributed by atoms with Crippen LogP contribution in [0.15, 0.2) is 29.1 Å². The zero-order chi connectivity index (χ0) is 15.7. The third kappa shape index (κ3) is 2.36. The number of aromatic carboxylic acids is 1. The van der Waals surface area contributed by atoms with Crippen LogP contribution in [0.5, 0.6) is 5.75 Å². The number of fused-ring (bicyclic) bond motifs is 1. The van der Waals surface area contributed by atoms with Crippen LogP contribution >= 0.6 is 0 Å². The third-order valence-corrected chi connectivity index (χ3v) is 3.88. The lowest BCUT2D eigenvalue weighted by molar-refractivity contribution is 0.0692. The van der Waals surface area contributed by atoms with E-state index in [1.807, 2.05) is 0 Å². The van der Waals surface area contributed by atoms with Gasteiger partial charge in [0, 0.05) is 6.07 Å². The van der Waals surface area contributed by atoms with Gasteiger partial charge in [-0.1, -0.05) is 6.07 Å². The molecular weight excluding hydrogens is 284 g/mol. The zero-order valence-electron chi connectivity index (χ0n) is 12.2. The van der Waals surface area contributed by atoms with Gasteiger partial charge in [-0.3, -0.25) is 4.79 Å². The van der Waals surface area contributed by atoms with Crippen LogP contribution in [-0.2, 0) is 12.8 Å². The first kappa shape index (κ1) is 14.3. The van der Waals surface area contributed by atoms with Crippen molar-refractivity contribution >= 4 is 5.97 Å². The number of hydrogen-bond acceptors (Lipinski definition) is 4. The second-order valence-electron chi connectivity index (χ2n) is 5.23. The third-order valence-electron chi connectivity index (χ3n) is 3.88. The molecule has 3 rings (SSSR count). The number of ether oxygens (including phenoxy) is 1. The quantitative estimate of drug-likeness (QED) is 0.935. The molecule has 0 saturated carbocycles. The molecular formula is C16H16N2O4. The van der Waals surface area contributed by atoms with E-state index in [0.717, 1.165) is 17.5 Å². The standard InChI is InChI=1S/C16H16N2O4/c1-22-11-6-4-5-10(9-11)18-15(19)14(16(20)21)12-7-2-3-8-13(12)17-18/h4-6,9H,2-3,7-8H2,1H3,(H,20,21). The summed E-state index contributed by atoms with van der Waals surface area (Å²) in [5.74, 6) is -0.608. The van der Waals surface area contributed by atoms with E-state index in [2.05, 4.69) is 5.10 Å². The summed E-state index contributed by atoms with van der Waals surface area (Å²) >= 11 is 0. The molecule has 1 aromatic heterocycles. The summed E-state index contributed by atoms with van der Waals surface area (Å²) in [7, 11) is 1.53. The number of aryl methyl sites for hydroxylation is 1. The van der Waals surface area contributed by atoms with Gasteiger partial charge in [0.1, 0.15) is 11.3 Å². The van der Waals surface area contributed by atoms with Gasteiger partial charge in [0.2, 0.25) is 0 Å². The molecule has 1 N–H and O–H groups in total. The summed E-state index contributed by atoms with van der Waals surface area (Å²) in [5.41, 5.74) is 1.03. The molecule has 1 aliphatic rings. The Hall–Kier alpha value is -2.63. The number of nitrogens with zero attached hydrogens (tertiary/aromatic N) is 2. The number of carbonyl (C=O) groups is 1. The molecule has 0 atom stereocenters. The lowest BCUT2D eigenvalue weighted by Crippen LogP contribution is -2.32. The van der Waals surface area contributed by atoms with Gasteiger partial charge in [0.05, 0.1) is 18.5 Å². The van der Waals surface area contributed by atoms with Crippen LogP contribution in [0.4, 0.5) is 0 Å². The summed E-state index contributed by atoms with van der Waals surface area (Å²) in [6.45, 7) is 0. The van der Waals surface area contributed by atoms with Gasteiger partial charge in [-0.2, -0.15) is 9.78 Å². The van der Waals surface area contributed by atoms with Crippen LogP contribution in [0.25, 0.3) is 5.69 Å². The van der Waals surface area contributed by atoms with E-state index in [4.69, 9.17) is 4.74 Å². The van der Waals surface area contributed by atoms with E-state index in [1.54, 1.807) is 24.3 Å². The minimum Gasteiger partial charge on any atom is -0.497 e. The Morgan fingerprint density at radius 1 is 1.32 bits per heavy atom. The molecule has 114 valence electrons. The molecule has 2 aromatic rings. The Kier molecular flexibility index (Phi) is 3.66. The van der Waals surface area contributed by atoms with E-state index >= 15 is 0 Å². The number of methoxy groups -OCH3 is 1. The highest BCUT2D eigenvalue weighted by atomic mass is 16.5. The lowest BCUT2D eigenvalue weighted by atomic mass is 9.93. The Morgan fingerprint density at radius 3 is 2.82 bits per heavy atom. The van der Waals surface area contributed by atoms with Gasteiger partial charge in [-0.15, -0.1) is 0 Å². The fourth-order valence-corrected chi connectivity index (χ4v) is 2.81. The van der Waals surface area contributed by atoms with Gasteiger partial charge in [0.15, 0.2) is 0 Å². The second kappa shape index (κ2) is 5.63. The normalized spacial score (nSPS) is 13.5. The lowest BCUT2D eigenvalue weighted by Gasteiger charge is -2.18. The summed E-state index contributed by atoms with van der Waals surface area (Å²) in [6, 6.07) is 6.86. The van der Waals surface area contributed by atoms with Crippen LogP contribution in [0, 0.1) is 0 Å². The van der Waals surface area contributed by atoms with Crippen LogP contribution in [0.2, 0.25) is 0 Å². The maximum absolute atomic E-state index is 12.6. The molecule has 0 spiro atoms. The van der Waals surface area contributed by atoms with Gasteiger partial charge < -0.3 is 9.84 Å². The average Bonchev–Trinajstić information content (AvgIpc) is 2.54. The molecule has 0 fully saturated rings. The van der Waals surface area contributed by atoms with Crippen molar-refractivity contribution in [3.8, 4) is 11.4 Å². The van der Waals surface area contributed by atoms with Crippen molar-refractivity contribution in [2.24, 2.45) is 0 Å². The maximum atomic E-state index is 12.6. The molecule has 1 aliphatic carbocycles. The highest BCUT2D eigenvalue weighted by Gasteiger charge is 2.24. The minimum absolute atomic E-state index is 0.160. The number of carboxylic acids is 1. The van der Waals surface area contributed by atoms with E-state index in [0.29, 0.717) is 35.5 Å². The van der Waals surface area contributed by atoms with Gasteiger partial charge in [0.25, 0.3) is 5.56 Å². The molecule has 6 nitrogen and oxygen atoms in total. The summed E-state index contributed by atoms with van der Waals surface area (Å²) in [6.07, 6.45) is 3.13. The Labute approximate surface area is 127 Å². The molecule has 1 heterocycles. The van der Waals surface area contributed by atoms with Gasteiger partial charge in [-0.05, 0) is 43.4 Å². The summed E-state index contributed by atoms with van der Waals surface area (Å²) in [5, 5.41) is 13.8. The molecule has 22 heavy (non-hydrogen) atoms. The Bertz CT molecular complexity index is 795. The smallest absolute Gasteiger partial charge is 0.341 e. The van der Waals surface area contributed by atoms with Crippen molar-refractivity contribution in [1.29, 1.82) is 0 Å². The Balaban J connectivity index is 2.26. The fraction of sp³-hybridized carbons (Fsp3) is 0.312. The van der Waals surface area contributed by atoms with Crippen molar-refractivity contribution in [3.63, 3.8) is 0 Å². The molecule has 0 radical (unpaired) electrons. The van der Waals surface area contributed by atoms with Gasteiger partial charge in [-0.25, -0.2) is 4.79 Å².